The predicted molar refractivity (Wildman–Crippen MR) is 107 cm³/mol. The van der Waals surface area contributed by atoms with Crippen molar-refractivity contribution in [3.63, 3.8) is 0 Å². The number of ether oxygens (including phenoxy) is 2. The van der Waals surface area contributed by atoms with Gasteiger partial charge in [-0.05, 0) is 37.3 Å². The molecule has 0 amide bonds. The van der Waals surface area contributed by atoms with Gasteiger partial charge in [-0.2, -0.15) is 0 Å². The first-order valence-electron chi connectivity index (χ1n) is 8.85. The molecule has 4 aromatic rings. The number of fused-ring (bicyclic) bond motifs is 3. The van der Waals surface area contributed by atoms with Crippen LogP contribution in [0.2, 0.25) is 5.02 Å². The van der Waals surface area contributed by atoms with E-state index in [-0.39, 0.29) is 12.6 Å². The number of hydrogen-bond donors (Lipinski definition) is 0. The number of rotatable bonds is 5. The number of carbonyl (C=O) groups is 1. The van der Waals surface area contributed by atoms with Gasteiger partial charge in [0.25, 0.3) is 0 Å². The molecule has 2 aromatic heterocycles. The minimum absolute atomic E-state index is 0.000940. The first kappa shape index (κ1) is 18.3. The summed E-state index contributed by atoms with van der Waals surface area (Å²) in [7, 11) is 0. The van der Waals surface area contributed by atoms with Crippen LogP contribution < -0.4 is 4.74 Å². The lowest BCUT2D eigenvalue weighted by Crippen LogP contribution is -2.04. The molecule has 0 aliphatic heterocycles. The molecule has 28 heavy (non-hydrogen) atoms. The number of pyridine rings is 1. The first-order chi connectivity index (χ1) is 13.6. The van der Waals surface area contributed by atoms with Crippen molar-refractivity contribution in [1.29, 1.82) is 0 Å². The van der Waals surface area contributed by atoms with Crippen LogP contribution in [0.3, 0.4) is 0 Å². The van der Waals surface area contributed by atoms with Gasteiger partial charge in [-0.3, -0.25) is 0 Å². The molecule has 4 rings (SSSR count). The summed E-state index contributed by atoms with van der Waals surface area (Å²) in [6.07, 6.45) is 1.77. The molecule has 0 bridgehead atoms. The molecule has 4 nitrogen and oxygen atoms in total. The van der Waals surface area contributed by atoms with Crippen LogP contribution in [0.5, 0.6) is 5.75 Å². The Kier molecular flexibility index (Phi) is 4.92. The molecule has 0 atom stereocenters. The molecule has 0 unspecified atom stereocenters. The molecule has 0 saturated carbocycles. The van der Waals surface area contributed by atoms with Crippen LogP contribution >= 0.6 is 11.6 Å². The second-order valence-corrected chi connectivity index (χ2v) is 6.63. The SMILES string of the molecule is CCOC(=O)c1c2ccccc2n2cc(OCc3c(F)cccc3Cl)ccc12. The molecule has 0 spiro atoms. The standard InChI is InChI=1S/C22H17ClFNO3/c1-2-27-22(26)21-15-6-3-4-9-19(15)25-12-14(10-11-20(21)25)28-13-16-17(23)7-5-8-18(16)24/h3-12H,2,13H2,1H3. The minimum Gasteiger partial charge on any atom is -0.487 e. The van der Waals surface area contributed by atoms with Crippen molar-refractivity contribution < 1.29 is 18.7 Å². The fourth-order valence-electron chi connectivity index (χ4n) is 3.25. The number of hydrogen-bond acceptors (Lipinski definition) is 3. The molecule has 2 heterocycles. The van der Waals surface area contributed by atoms with Crippen LogP contribution in [0, 0.1) is 5.82 Å². The van der Waals surface area contributed by atoms with Gasteiger partial charge in [0.15, 0.2) is 0 Å². The molecular formula is C22H17ClFNO3. The normalized spacial score (nSPS) is 11.1. The number of halogens is 2. The molecule has 0 fully saturated rings. The van der Waals surface area contributed by atoms with Crippen molar-refractivity contribution >= 4 is 34.0 Å². The highest BCUT2D eigenvalue weighted by Gasteiger charge is 2.19. The summed E-state index contributed by atoms with van der Waals surface area (Å²) in [5.74, 6) is -0.249. The smallest absolute Gasteiger partial charge is 0.340 e. The molecule has 0 aliphatic carbocycles. The van der Waals surface area contributed by atoms with Crippen molar-refractivity contribution in [2.45, 2.75) is 13.5 Å². The van der Waals surface area contributed by atoms with Gasteiger partial charge in [0.1, 0.15) is 18.2 Å². The van der Waals surface area contributed by atoms with Gasteiger partial charge in [-0.1, -0.05) is 35.9 Å². The van der Waals surface area contributed by atoms with E-state index < -0.39 is 5.82 Å². The molecule has 6 heteroatoms. The highest BCUT2D eigenvalue weighted by molar-refractivity contribution is 6.31. The van der Waals surface area contributed by atoms with Gasteiger partial charge in [-0.15, -0.1) is 0 Å². The number of nitrogens with zero attached hydrogens (tertiary/aromatic N) is 1. The summed E-state index contributed by atoms with van der Waals surface area (Å²) < 4.78 is 26.8. The van der Waals surface area contributed by atoms with Gasteiger partial charge in [0, 0.05) is 10.9 Å². The number of esters is 1. The lowest BCUT2D eigenvalue weighted by Gasteiger charge is -2.10. The third kappa shape index (κ3) is 3.18. The van der Waals surface area contributed by atoms with E-state index in [1.54, 1.807) is 37.4 Å². The van der Waals surface area contributed by atoms with Gasteiger partial charge in [0.2, 0.25) is 0 Å². The molecule has 142 valence electrons. The van der Waals surface area contributed by atoms with E-state index in [4.69, 9.17) is 21.1 Å². The largest absolute Gasteiger partial charge is 0.487 e. The monoisotopic (exact) mass is 397 g/mol. The van der Waals surface area contributed by atoms with Crippen LogP contribution in [0.1, 0.15) is 22.8 Å². The summed E-state index contributed by atoms with van der Waals surface area (Å²) in [5.41, 5.74) is 2.39. The topological polar surface area (TPSA) is 39.9 Å². The number of para-hydroxylation sites is 1. The van der Waals surface area contributed by atoms with E-state index in [2.05, 4.69) is 0 Å². The third-order valence-corrected chi connectivity index (χ3v) is 4.89. The Labute approximate surface area is 166 Å². The molecule has 0 aliphatic rings. The van der Waals surface area contributed by atoms with Crippen LogP contribution in [0.15, 0.2) is 60.8 Å². The van der Waals surface area contributed by atoms with E-state index >= 15 is 0 Å². The number of benzene rings is 2. The van der Waals surface area contributed by atoms with Crippen LogP contribution in [-0.2, 0) is 11.3 Å². The van der Waals surface area contributed by atoms with Crippen molar-refractivity contribution in [3.8, 4) is 5.75 Å². The van der Waals surface area contributed by atoms with Crippen molar-refractivity contribution in [2.24, 2.45) is 0 Å². The highest BCUT2D eigenvalue weighted by atomic mass is 35.5. The van der Waals surface area contributed by atoms with E-state index in [9.17, 15) is 9.18 Å². The highest BCUT2D eigenvalue weighted by Crippen LogP contribution is 2.30. The lowest BCUT2D eigenvalue weighted by atomic mass is 10.1. The maximum Gasteiger partial charge on any atom is 0.340 e. The Morgan fingerprint density at radius 2 is 1.89 bits per heavy atom. The zero-order valence-electron chi connectivity index (χ0n) is 15.1. The lowest BCUT2D eigenvalue weighted by molar-refractivity contribution is 0.0531. The maximum absolute atomic E-state index is 14.0. The van der Waals surface area contributed by atoms with Gasteiger partial charge < -0.3 is 13.9 Å². The number of carbonyl (C=O) groups excluding carboxylic acids is 1. The average Bonchev–Trinajstić information content (AvgIpc) is 3.02. The Morgan fingerprint density at radius 1 is 1.07 bits per heavy atom. The Bertz CT molecular complexity index is 1170. The third-order valence-electron chi connectivity index (χ3n) is 4.53. The van der Waals surface area contributed by atoms with Gasteiger partial charge in [-0.25, -0.2) is 9.18 Å². The fourth-order valence-corrected chi connectivity index (χ4v) is 3.46. The second-order valence-electron chi connectivity index (χ2n) is 6.22. The maximum atomic E-state index is 14.0. The Hall–Kier alpha value is -3.05. The van der Waals surface area contributed by atoms with E-state index in [0.29, 0.717) is 28.5 Å². The predicted octanol–water partition coefficient (Wildman–Crippen LogP) is 5.64. The molecular weight excluding hydrogens is 381 g/mol. The molecule has 0 radical (unpaired) electrons. The summed E-state index contributed by atoms with van der Waals surface area (Å²) in [6, 6.07) is 15.6. The van der Waals surface area contributed by atoms with E-state index in [1.165, 1.54) is 6.07 Å². The van der Waals surface area contributed by atoms with Gasteiger partial charge >= 0.3 is 5.97 Å². The Balaban J connectivity index is 1.75. The second kappa shape index (κ2) is 7.52. The quantitative estimate of drug-likeness (QED) is 0.409. The molecule has 0 N–H and O–H groups in total. The van der Waals surface area contributed by atoms with E-state index in [0.717, 1.165) is 16.4 Å². The summed E-state index contributed by atoms with van der Waals surface area (Å²) >= 11 is 6.06. The Morgan fingerprint density at radius 3 is 2.68 bits per heavy atom. The molecule has 2 aromatic carbocycles. The zero-order chi connectivity index (χ0) is 19.7. The first-order valence-corrected chi connectivity index (χ1v) is 9.23. The van der Waals surface area contributed by atoms with Crippen LogP contribution in [0.4, 0.5) is 4.39 Å². The van der Waals surface area contributed by atoms with Gasteiger partial charge in [0.05, 0.1) is 34.4 Å². The summed E-state index contributed by atoms with van der Waals surface area (Å²) in [4.78, 5) is 12.5. The minimum atomic E-state index is -0.412. The zero-order valence-corrected chi connectivity index (χ0v) is 15.9. The summed E-state index contributed by atoms with van der Waals surface area (Å²) in [5, 5.41) is 1.12. The van der Waals surface area contributed by atoms with Crippen LogP contribution in [0.25, 0.3) is 16.4 Å². The van der Waals surface area contributed by atoms with Crippen molar-refractivity contribution in [1.82, 2.24) is 4.40 Å². The summed E-state index contributed by atoms with van der Waals surface area (Å²) in [6.45, 7) is 2.08. The fraction of sp³-hybridized carbons (Fsp3) is 0.136. The molecule has 0 saturated heterocycles. The van der Waals surface area contributed by atoms with Crippen molar-refractivity contribution in [2.75, 3.05) is 6.61 Å². The number of aromatic nitrogens is 1. The average molecular weight is 398 g/mol. The van der Waals surface area contributed by atoms with Crippen LogP contribution in [-0.4, -0.2) is 17.0 Å². The van der Waals surface area contributed by atoms with E-state index in [1.807, 2.05) is 28.7 Å². The van der Waals surface area contributed by atoms with Crippen molar-refractivity contribution in [3.05, 3.63) is 82.8 Å².